The predicted molar refractivity (Wildman–Crippen MR) is 106 cm³/mol. The lowest BCUT2D eigenvalue weighted by Gasteiger charge is -2.40. The fourth-order valence-corrected chi connectivity index (χ4v) is 3.85. The first-order valence-corrected chi connectivity index (χ1v) is 9.73. The number of carbonyl (C=O) groups excluding carboxylic acids is 2. The van der Waals surface area contributed by atoms with Crippen LogP contribution in [0, 0.1) is 0 Å². The van der Waals surface area contributed by atoms with Crippen molar-refractivity contribution in [3.05, 3.63) is 35.6 Å². The van der Waals surface area contributed by atoms with Crippen molar-refractivity contribution in [1.82, 2.24) is 14.7 Å². The molecule has 1 aromatic carbocycles. The standard InChI is InChI=1S/C21H29N3O3/c1-4-19-17(16-8-6-7-9-20(16)27-19)14-23-11-10-22(3)18(15-23)21(26)24(5-2)12-13-25/h6-9,13,18H,4-5,10-12,14-15H2,1-3H3. The molecular weight excluding hydrogens is 342 g/mol. The summed E-state index contributed by atoms with van der Waals surface area (Å²) in [5.74, 6) is 1.05. The van der Waals surface area contributed by atoms with Gasteiger partial charge in [0.05, 0.1) is 6.54 Å². The van der Waals surface area contributed by atoms with Gasteiger partial charge in [0.15, 0.2) is 0 Å². The van der Waals surface area contributed by atoms with E-state index in [1.54, 1.807) is 4.90 Å². The highest BCUT2D eigenvalue weighted by molar-refractivity contribution is 5.84. The zero-order valence-electron chi connectivity index (χ0n) is 16.5. The molecular formula is C21H29N3O3. The van der Waals surface area contributed by atoms with Gasteiger partial charge in [-0.2, -0.15) is 0 Å². The number of rotatable bonds is 7. The highest BCUT2D eigenvalue weighted by Gasteiger charge is 2.33. The van der Waals surface area contributed by atoms with Crippen LogP contribution in [0.15, 0.2) is 28.7 Å². The van der Waals surface area contributed by atoms with Gasteiger partial charge in [0, 0.05) is 50.1 Å². The molecule has 3 rings (SSSR count). The number of furan rings is 1. The van der Waals surface area contributed by atoms with E-state index >= 15 is 0 Å². The van der Waals surface area contributed by atoms with Crippen LogP contribution in [0.1, 0.15) is 25.2 Å². The zero-order valence-corrected chi connectivity index (χ0v) is 16.5. The Balaban J connectivity index is 1.79. The minimum Gasteiger partial charge on any atom is -0.461 e. The first kappa shape index (κ1) is 19.6. The molecule has 0 saturated carbocycles. The van der Waals surface area contributed by atoms with Crippen molar-refractivity contribution < 1.29 is 14.0 Å². The van der Waals surface area contributed by atoms with E-state index in [0.29, 0.717) is 13.1 Å². The van der Waals surface area contributed by atoms with Gasteiger partial charge in [0.1, 0.15) is 23.7 Å². The third kappa shape index (κ3) is 4.06. The Bertz CT molecular complexity index is 801. The number of hydrogen-bond acceptors (Lipinski definition) is 5. The van der Waals surface area contributed by atoms with E-state index in [2.05, 4.69) is 22.8 Å². The number of fused-ring (bicyclic) bond motifs is 1. The summed E-state index contributed by atoms with van der Waals surface area (Å²) >= 11 is 0. The molecule has 1 amide bonds. The van der Waals surface area contributed by atoms with Crippen LogP contribution in [-0.2, 0) is 22.6 Å². The van der Waals surface area contributed by atoms with Crippen LogP contribution in [0.25, 0.3) is 11.0 Å². The minimum absolute atomic E-state index is 0.0320. The maximum absolute atomic E-state index is 12.9. The predicted octanol–water partition coefficient (Wildman–Crippen LogP) is 2.16. The van der Waals surface area contributed by atoms with Crippen molar-refractivity contribution >= 4 is 23.2 Å². The smallest absolute Gasteiger partial charge is 0.241 e. The van der Waals surface area contributed by atoms with Crippen LogP contribution < -0.4 is 0 Å². The molecule has 0 N–H and O–H groups in total. The number of hydrogen-bond donors (Lipinski definition) is 0. The monoisotopic (exact) mass is 371 g/mol. The Morgan fingerprint density at radius 2 is 2.07 bits per heavy atom. The minimum atomic E-state index is -0.220. The summed E-state index contributed by atoms with van der Waals surface area (Å²) in [5, 5.41) is 1.16. The number of amides is 1. The second-order valence-electron chi connectivity index (χ2n) is 7.13. The lowest BCUT2D eigenvalue weighted by Crippen LogP contribution is -2.58. The number of piperazine rings is 1. The molecule has 1 atom stereocenters. The maximum atomic E-state index is 12.9. The molecule has 0 bridgehead atoms. The summed E-state index contributed by atoms with van der Waals surface area (Å²) in [6, 6.07) is 7.92. The molecule has 1 fully saturated rings. The molecule has 1 unspecified atom stereocenters. The van der Waals surface area contributed by atoms with Crippen LogP contribution in [0.2, 0.25) is 0 Å². The molecule has 1 aromatic heterocycles. The number of para-hydroxylation sites is 1. The summed E-state index contributed by atoms with van der Waals surface area (Å²) < 4.78 is 6.02. The van der Waals surface area contributed by atoms with Gasteiger partial charge in [0.2, 0.25) is 5.91 Å². The Morgan fingerprint density at radius 1 is 1.30 bits per heavy atom. The average molecular weight is 371 g/mol. The van der Waals surface area contributed by atoms with Crippen molar-refractivity contribution in [1.29, 1.82) is 0 Å². The first-order chi connectivity index (χ1) is 13.1. The number of aldehydes is 1. The number of likely N-dealkylation sites (N-methyl/N-ethyl adjacent to an activating group) is 2. The number of aryl methyl sites for hydroxylation is 1. The van der Waals surface area contributed by atoms with Gasteiger partial charge in [-0.3, -0.25) is 14.6 Å². The molecule has 0 spiro atoms. The summed E-state index contributed by atoms with van der Waals surface area (Å²) in [6.07, 6.45) is 1.65. The van der Waals surface area contributed by atoms with E-state index in [0.717, 1.165) is 49.1 Å². The maximum Gasteiger partial charge on any atom is 0.241 e. The Kier molecular flexibility index (Phi) is 6.29. The SMILES string of the molecule is CCc1oc2ccccc2c1CN1CCN(C)C(C(=O)N(CC)CC=O)C1. The van der Waals surface area contributed by atoms with Crippen molar-refractivity contribution in [3.63, 3.8) is 0 Å². The van der Waals surface area contributed by atoms with E-state index in [-0.39, 0.29) is 18.5 Å². The summed E-state index contributed by atoms with van der Waals surface area (Å²) in [4.78, 5) is 29.8. The van der Waals surface area contributed by atoms with Crippen LogP contribution in [-0.4, -0.2) is 72.7 Å². The summed E-state index contributed by atoms with van der Waals surface area (Å²) in [5.41, 5.74) is 2.15. The van der Waals surface area contributed by atoms with Gasteiger partial charge in [-0.25, -0.2) is 0 Å². The Morgan fingerprint density at radius 3 is 2.78 bits per heavy atom. The second-order valence-corrected chi connectivity index (χ2v) is 7.13. The Hall–Kier alpha value is -2.18. The van der Waals surface area contributed by atoms with Gasteiger partial charge >= 0.3 is 0 Å². The van der Waals surface area contributed by atoms with Gasteiger partial charge in [-0.15, -0.1) is 0 Å². The van der Waals surface area contributed by atoms with Gasteiger partial charge in [-0.1, -0.05) is 25.1 Å². The van der Waals surface area contributed by atoms with E-state index in [1.807, 2.05) is 32.2 Å². The van der Waals surface area contributed by atoms with Crippen molar-refractivity contribution in [3.8, 4) is 0 Å². The third-order valence-electron chi connectivity index (χ3n) is 5.49. The molecule has 0 radical (unpaired) electrons. The summed E-state index contributed by atoms with van der Waals surface area (Å²) in [7, 11) is 1.99. The lowest BCUT2D eigenvalue weighted by atomic mass is 10.1. The largest absolute Gasteiger partial charge is 0.461 e. The second kappa shape index (κ2) is 8.67. The highest BCUT2D eigenvalue weighted by Crippen LogP contribution is 2.28. The summed E-state index contributed by atoms with van der Waals surface area (Å²) in [6.45, 7) is 7.89. The number of benzene rings is 1. The molecule has 2 heterocycles. The van der Waals surface area contributed by atoms with Crippen molar-refractivity contribution in [2.75, 3.05) is 39.8 Å². The van der Waals surface area contributed by atoms with Crippen molar-refractivity contribution in [2.24, 2.45) is 0 Å². The molecule has 6 nitrogen and oxygen atoms in total. The van der Waals surface area contributed by atoms with Crippen LogP contribution in [0.4, 0.5) is 0 Å². The molecule has 0 aliphatic carbocycles. The molecule has 1 aliphatic heterocycles. The van der Waals surface area contributed by atoms with E-state index in [9.17, 15) is 9.59 Å². The number of nitrogens with zero attached hydrogens (tertiary/aromatic N) is 3. The lowest BCUT2D eigenvalue weighted by molar-refractivity contribution is -0.140. The highest BCUT2D eigenvalue weighted by atomic mass is 16.3. The quantitative estimate of drug-likeness (QED) is 0.698. The molecule has 1 aliphatic rings. The van der Waals surface area contributed by atoms with E-state index in [4.69, 9.17) is 4.42 Å². The molecule has 146 valence electrons. The topological polar surface area (TPSA) is 57.0 Å². The molecule has 27 heavy (non-hydrogen) atoms. The Labute approximate surface area is 160 Å². The first-order valence-electron chi connectivity index (χ1n) is 9.73. The fourth-order valence-electron chi connectivity index (χ4n) is 3.85. The van der Waals surface area contributed by atoms with Crippen LogP contribution in [0.5, 0.6) is 0 Å². The normalized spacial score (nSPS) is 18.7. The van der Waals surface area contributed by atoms with Crippen LogP contribution in [0.3, 0.4) is 0 Å². The average Bonchev–Trinajstić information content (AvgIpc) is 3.04. The van der Waals surface area contributed by atoms with Crippen LogP contribution >= 0.6 is 0 Å². The van der Waals surface area contributed by atoms with Gasteiger partial charge < -0.3 is 14.1 Å². The van der Waals surface area contributed by atoms with Gasteiger partial charge in [-0.05, 0) is 20.0 Å². The fraction of sp³-hybridized carbons (Fsp3) is 0.524. The molecule has 1 saturated heterocycles. The molecule has 6 heteroatoms. The van der Waals surface area contributed by atoms with E-state index < -0.39 is 0 Å². The van der Waals surface area contributed by atoms with E-state index in [1.165, 1.54) is 5.56 Å². The third-order valence-corrected chi connectivity index (χ3v) is 5.49. The zero-order chi connectivity index (χ0) is 19.4. The number of carbonyl (C=O) groups is 2. The molecule has 2 aromatic rings. The van der Waals surface area contributed by atoms with Crippen molar-refractivity contribution in [2.45, 2.75) is 32.9 Å². The van der Waals surface area contributed by atoms with Gasteiger partial charge in [0.25, 0.3) is 0 Å².